The zero-order valence-corrected chi connectivity index (χ0v) is 38.7. The van der Waals surface area contributed by atoms with Crippen molar-refractivity contribution in [2.75, 3.05) is 27.4 Å². The van der Waals surface area contributed by atoms with Gasteiger partial charge in [0.2, 0.25) is 11.4 Å². The number of benzene rings is 6. The van der Waals surface area contributed by atoms with E-state index in [0.29, 0.717) is 56.5 Å². The van der Waals surface area contributed by atoms with Crippen LogP contribution in [-0.4, -0.2) is 87.3 Å². The van der Waals surface area contributed by atoms with Crippen molar-refractivity contribution >= 4 is 22.7 Å². The van der Waals surface area contributed by atoms with Crippen LogP contribution >= 0.6 is 0 Å². The Morgan fingerprint density at radius 3 is 0.986 bits per heavy atom. The quantitative estimate of drug-likeness (QED) is 0.0877. The molecule has 0 aliphatic carbocycles. The largest absolute Gasteiger partial charge is 1.00 e. The Labute approximate surface area is 408 Å². The fraction of sp³-hybridized carbons (Fsp3) is 0.136. The molecular weight excluding hydrogens is 959 g/mol. The number of methoxy groups -OCH3 is 2. The molecule has 2 aromatic heterocycles. The minimum Gasteiger partial charge on any atom is -1.00 e. The van der Waals surface area contributed by atoms with Gasteiger partial charge in [-0.2, -0.15) is 0 Å². The van der Waals surface area contributed by atoms with Crippen LogP contribution in [0.15, 0.2) is 133 Å². The van der Waals surface area contributed by atoms with Gasteiger partial charge in [-0.1, -0.05) is 0 Å². The van der Waals surface area contributed by atoms with E-state index in [9.17, 15) is 40.5 Å². The van der Waals surface area contributed by atoms with Gasteiger partial charge in [0.25, 0.3) is 22.7 Å². The van der Waals surface area contributed by atoms with Crippen molar-refractivity contribution in [3.63, 3.8) is 0 Å². The average Bonchev–Trinajstić information content (AvgIpc) is 4.00. The summed E-state index contributed by atoms with van der Waals surface area (Å²) < 4.78 is 11.7. The predicted octanol–water partition coefficient (Wildman–Crippen LogP) is 0.0576. The lowest BCUT2D eigenvalue weighted by Gasteiger charge is -2.11. The third-order valence-corrected chi connectivity index (χ3v) is 9.50. The summed E-state index contributed by atoms with van der Waals surface area (Å²) in [6.45, 7) is 3.86. The maximum atomic E-state index is 11.4. The molecule has 0 atom stereocenters. The summed E-state index contributed by atoms with van der Waals surface area (Å²) in [5, 5.41) is 79.2. The molecule has 0 aliphatic rings. The number of nitro groups is 4. The predicted molar refractivity (Wildman–Crippen MR) is 241 cm³/mol. The number of aliphatic hydroxyl groups excluding tert-OH is 2. The van der Waals surface area contributed by atoms with Crippen LogP contribution in [0.4, 0.5) is 22.7 Å². The molecule has 2 N–H and O–H groups in total. The first-order valence-electron chi connectivity index (χ1n) is 20.1. The molecule has 0 fully saturated rings. The van der Waals surface area contributed by atoms with Crippen LogP contribution in [-0.2, 0) is 0 Å². The number of hydrogen-bond donors (Lipinski definition) is 2. The molecule has 8 aromatic rings. The van der Waals surface area contributed by atoms with E-state index < -0.39 is 19.7 Å². The molecule has 26 heteroatoms. The van der Waals surface area contributed by atoms with Crippen molar-refractivity contribution < 1.29 is 73.8 Å². The summed E-state index contributed by atoms with van der Waals surface area (Å²) in [6.07, 6.45) is 0. The van der Waals surface area contributed by atoms with Crippen molar-refractivity contribution in [1.29, 1.82) is 0 Å². The topological polar surface area (TPSA) is 301 Å². The Kier molecular flexibility index (Phi) is 18.6. The summed E-state index contributed by atoms with van der Waals surface area (Å²) >= 11 is 0. The molecule has 362 valence electrons. The molecule has 8 rings (SSSR count). The minimum absolute atomic E-state index is 0. The highest BCUT2D eigenvalue weighted by Gasteiger charge is 2.29. The van der Waals surface area contributed by atoms with E-state index in [1.165, 1.54) is 130 Å². The van der Waals surface area contributed by atoms with Gasteiger partial charge < -0.3 is 44.5 Å². The summed E-state index contributed by atoms with van der Waals surface area (Å²) in [6, 6.07) is 33.3. The third kappa shape index (κ3) is 12.0. The number of hydrogen-bond acceptors (Lipinski definition) is 16. The minimum atomic E-state index is -0.521. The number of aliphatic hydroxyl groups is 2. The van der Waals surface area contributed by atoms with Crippen LogP contribution in [0.3, 0.4) is 0 Å². The Balaban J connectivity index is 0.00000127. The SMILES string of the molecule is CCO.CCO.COc1cc(-c2ccc(-[n+]3nc(-c4ccc([N+](=O)[O-])cc4)nn3-c3ccc([N+](=O)[O-])cc3)c(OC)c2)ccc1-[n+]1nc(-c2ccc([N+](=O)[O-])cc2)nn1-c1ccc([N+](=O)[O-])cc1.[Cl-].[Cl-]. The van der Waals surface area contributed by atoms with Crippen molar-refractivity contribution in [1.82, 2.24) is 30.0 Å². The molecular formula is C44H40Cl2N12O12. The highest BCUT2D eigenvalue weighted by molar-refractivity contribution is 5.70. The Morgan fingerprint density at radius 2 is 0.729 bits per heavy atom. The van der Waals surface area contributed by atoms with Crippen molar-refractivity contribution in [3.8, 4) is 68.2 Å². The molecule has 2 heterocycles. The van der Waals surface area contributed by atoms with Gasteiger partial charge in [-0.05, 0) is 130 Å². The molecule has 0 bridgehead atoms. The summed E-state index contributed by atoms with van der Waals surface area (Å²) in [5.74, 6) is 1.09. The third-order valence-electron chi connectivity index (χ3n) is 9.50. The molecule has 0 saturated carbocycles. The van der Waals surface area contributed by atoms with Crippen LogP contribution in [0.5, 0.6) is 11.5 Å². The molecule has 0 spiro atoms. The zero-order chi connectivity index (χ0) is 49.1. The number of non-ortho nitro benzene ring substituents is 4. The second-order valence-corrected chi connectivity index (χ2v) is 13.8. The van der Waals surface area contributed by atoms with Gasteiger partial charge >= 0.3 is 11.6 Å². The van der Waals surface area contributed by atoms with E-state index in [0.717, 1.165) is 0 Å². The van der Waals surface area contributed by atoms with E-state index in [2.05, 4.69) is 10.2 Å². The maximum Gasteiger partial charge on any atom is 0.340 e. The first-order chi connectivity index (χ1) is 32.7. The molecule has 0 radical (unpaired) electrons. The van der Waals surface area contributed by atoms with Crippen LogP contribution < -0.4 is 43.9 Å². The van der Waals surface area contributed by atoms with Gasteiger partial charge in [0.15, 0.2) is 11.5 Å². The van der Waals surface area contributed by atoms with E-state index >= 15 is 0 Å². The van der Waals surface area contributed by atoms with Crippen molar-refractivity contribution in [2.24, 2.45) is 0 Å². The van der Waals surface area contributed by atoms with Gasteiger partial charge in [-0.25, -0.2) is 0 Å². The first-order valence-corrected chi connectivity index (χ1v) is 20.1. The Hall–Kier alpha value is -8.84. The molecule has 0 aliphatic heterocycles. The molecule has 0 unspecified atom stereocenters. The number of halogens is 2. The number of nitrogens with zero attached hydrogens (tertiary/aromatic N) is 12. The zero-order valence-electron chi connectivity index (χ0n) is 37.2. The first kappa shape index (κ1) is 53.8. The molecule has 0 amide bonds. The lowest BCUT2D eigenvalue weighted by molar-refractivity contribution is -0.734. The van der Waals surface area contributed by atoms with Crippen LogP contribution in [0.25, 0.3) is 56.7 Å². The summed E-state index contributed by atoms with van der Waals surface area (Å²) in [5.41, 5.74) is 3.48. The normalized spacial score (nSPS) is 10.2. The van der Waals surface area contributed by atoms with E-state index in [4.69, 9.17) is 29.9 Å². The highest BCUT2D eigenvalue weighted by Crippen LogP contribution is 2.33. The Morgan fingerprint density at radius 1 is 0.471 bits per heavy atom. The van der Waals surface area contributed by atoms with Crippen LogP contribution in [0, 0.1) is 40.5 Å². The smallest absolute Gasteiger partial charge is 0.340 e. The number of ether oxygens (including phenoxy) is 2. The Bertz CT molecular complexity index is 2890. The van der Waals surface area contributed by atoms with Crippen molar-refractivity contribution in [3.05, 3.63) is 174 Å². The maximum absolute atomic E-state index is 11.4. The number of rotatable bonds is 13. The standard InChI is InChI=1S/C40H28N12O10.2C2H6O.2ClH/c1-61-37-23-27(7-21-35(37)47-43-39(25-3-9-31(10-4-25)49(53)54)41-45(47)29-13-17-33(18-14-29)51(57)58)28-8-22-36(38(24-28)62-2)48-44-40(26-5-11-32(12-6-26)50(55)56)42-46(48)30-15-19-34(20-16-30)52(59)60;2*1-2-3;;/h3-24H,1-2H3;2*3H,2H2,1H3;2*1H/q+2;;;;/p-2. The monoisotopic (exact) mass is 998 g/mol. The summed E-state index contributed by atoms with van der Waals surface area (Å²) in [7, 11) is 2.95. The van der Waals surface area contributed by atoms with Crippen LogP contribution in [0.1, 0.15) is 13.8 Å². The van der Waals surface area contributed by atoms with E-state index in [-0.39, 0.29) is 72.4 Å². The fourth-order valence-corrected chi connectivity index (χ4v) is 6.37. The molecule has 24 nitrogen and oxygen atoms in total. The van der Waals surface area contributed by atoms with Crippen LogP contribution in [0.2, 0.25) is 0 Å². The van der Waals surface area contributed by atoms with Crippen molar-refractivity contribution in [2.45, 2.75) is 13.8 Å². The number of aromatic nitrogens is 8. The second kappa shape index (κ2) is 24.3. The van der Waals surface area contributed by atoms with Gasteiger partial charge in [-0.3, -0.25) is 40.5 Å². The van der Waals surface area contributed by atoms with Gasteiger partial charge in [-0.15, -0.1) is 0 Å². The second-order valence-electron chi connectivity index (χ2n) is 13.8. The fourth-order valence-electron chi connectivity index (χ4n) is 6.37. The average molecular weight is 1000 g/mol. The lowest BCUT2D eigenvalue weighted by atomic mass is 10.0. The molecule has 6 aromatic carbocycles. The number of tetrazole rings is 2. The van der Waals surface area contributed by atoms with Gasteiger partial charge in [0.05, 0.1) is 55.2 Å². The molecule has 0 saturated heterocycles. The van der Waals surface area contributed by atoms with Gasteiger partial charge in [0, 0.05) is 71.3 Å². The summed E-state index contributed by atoms with van der Waals surface area (Å²) in [4.78, 5) is 49.0. The van der Waals surface area contributed by atoms with Gasteiger partial charge in [0.1, 0.15) is 11.4 Å². The lowest BCUT2D eigenvalue weighted by Crippen LogP contribution is -3.00. The van der Waals surface area contributed by atoms with E-state index in [1.54, 1.807) is 50.2 Å². The number of nitro benzene ring substituents is 4. The highest BCUT2D eigenvalue weighted by atomic mass is 35.5. The van der Waals surface area contributed by atoms with E-state index in [1.807, 2.05) is 0 Å². The molecule has 70 heavy (non-hydrogen) atoms.